The number of aryl methyl sites for hydroxylation is 2. The summed E-state index contributed by atoms with van der Waals surface area (Å²) in [5.74, 6) is 0.435. The summed E-state index contributed by atoms with van der Waals surface area (Å²) >= 11 is 0. The predicted octanol–water partition coefficient (Wildman–Crippen LogP) is 2.43. The average molecular weight is 317 g/mol. The van der Waals surface area contributed by atoms with Crippen LogP contribution >= 0.6 is 0 Å². The zero-order chi connectivity index (χ0) is 16.8. The molecule has 1 aromatic carbocycles. The molecule has 0 unspecified atom stereocenters. The van der Waals surface area contributed by atoms with E-state index in [-0.39, 0.29) is 5.82 Å². The van der Waals surface area contributed by atoms with Gasteiger partial charge in [-0.3, -0.25) is 4.68 Å². The number of benzene rings is 1. The third kappa shape index (κ3) is 4.31. The Hall–Kier alpha value is -2.37. The van der Waals surface area contributed by atoms with E-state index in [0.717, 1.165) is 23.5 Å². The van der Waals surface area contributed by atoms with Crippen molar-refractivity contribution in [3.63, 3.8) is 0 Å². The normalized spacial score (nSPS) is 11.6. The first-order valence-corrected chi connectivity index (χ1v) is 7.77. The highest BCUT2D eigenvalue weighted by molar-refractivity contribution is 5.79. The number of hydrogen-bond donors (Lipinski definition) is 2. The molecule has 6 heteroatoms. The van der Waals surface area contributed by atoms with Crippen LogP contribution in [0.15, 0.2) is 29.3 Å². The van der Waals surface area contributed by atoms with Crippen LogP contribution in [-0.4, -0.2) is 22.3 Å². The molecule has 2 N–H and O–H groups in total. The number of hydrogen-bond acceptors (Lipinski definition) is 2. The lowest BCUT2D eigenvalue weighted by Gasteiger charge is -2.12. The Labute approximate surface area is 136 Å². The van der Waals surface area contributed by atoms with Crippen molar-refractivity contribution >= 4 is 5.96 Å². The highest BCUT2D eigenvalue weighted by atomic mass is 19.1. The molecule has 0 saturated carbocycles. The van der Waals surface area contributed by atoms with Gasteiger partial charge in [-0.2, -0.15) is 5.10 Å². The molecule has 5 nitrogen and oxygen atoms in total. The molecule has 0 radical (unpaired) electrons. The molecule has 23 heavy (non-hydrogen) atoms. The second-order valence-corrected chi connectivity index (χ2v) is 5.41. The van der Waals surface area contributed by atoms with E-state index in [2.05, 4.69) is 20.7 Å². The third-order valence-corrected chi connectivity index (χ3v) is 3.80. The quantitative estimate of drug-likeness (QED) is 0.658. The topological polar surface area (TPSA) is 54.2 Å². The molecular formula is C17H24FN5. The van der Waals surface area contributed by atoms with Gasteiger partial charge in [0.25, 0.3) is 0 Å². The smallest absolute Gasteiger partial charge is 0.191 e. The summed E-state index contributed by atoms with van der Waals surface area (Å²) in [6.45, 7) is 7.71. The molecule has 0 fully saturated rings. The average Bonchev–Trinajstić information content (AvgIpc) is 2.77. The second-order valence-electron chi connectivity index (χ2n) is 5.41. The summed E-state index contributed by atoms with van der Waals surface area (Å²) in [7, 11) is 1.93. The molecule has 0 aliphatic carbocycles. The van der Waals surface area contributed by atoms with Gasteiger partial charge in [0.1, 0.15) is 5.82 Å². The number of rotatable bonds is 5. The minimum Gasteiger partial charge on any atom is -0.357 e. The summed E-state index contributed by atoms with van der Waals surface area (Å²) in [6.07, 6.45) is 0. The Bertz CT molecular complexity index is 690. The maximum atomic E-state index is 13.7. The fourth-order valence-corrected chi connectivity index (χ4v) is 2.38. The van der Waals surface area contributed by atoms with Gasteiger partial charge in [0.15, 0.2) is 5.96 Å². The molecule has 0 aliphatic rings. The molecule has 0 amide bonds. The van der Waals surface area contributed by atoms with E-state index < -0.39 is 0 Å². The summed E-state index contributed by atoms with van der Waals surface area (Å²) in [4.78, 5) is 4.45. The zero-order valence-electron chi connectivity index (χ0n) is 14.2. The van der Waals surface area contributed by atoms with E-state index in [9.17, 15) is 4.39 Å². The van der Waals surface area contributed by atoms with Crippen LogP contribution in [0.25, 0.3) is 0 Å². The molecule has 2 aromatic rings. The van der Waals surface area contributed by atoms with Crippen LogP contribution in [0.4, 0.5) is 4.39 Å². The van der Waals surface area contributed by atoms with Gasteiger partial charge in [0.05, 0.1) is 12.2 Å². The monoisotopic (exact) mass is 317 g/mol. The van der Waals surface area contributed by atoms with Crippen molar-refractivity contribution < 1.29 is 4.39 Å². The lowest BCUT2D eigenvalue weighted by molar-refractivity contribution is 0.610. The molecule has 2 rings (SSSR count). The fraction of sp³-hybridized carbons (Fsp3) is 0.412. The highest BCUT2D eigenvalue weighted by Crippen LogP contribution is 2.11. The number of nitrogens with one attached hydrogen (secondary N) is 2. The summed E-state index contributed by atoms with van der Waals surface area (Å²) in [5.41, 5.74) is 3.87. The van der Waals surface area contributed by atoms with Crippen LogP contribution in [-0.2, 0) is 20.1 Å². The lowest BCUT2D eigenvalue weighted by atomic mass is 10.2. The molecular weight excluding hydrogens is 293 g/mol. The maximum Gasteiger partial charge on any atom is 0.191 e. The van der Waals surface area contributed by atoms with Gasteiger partial charge in [-0.15, -0.1) is 0 Å². The highest BCUT2D eigenvalue weighted by Gasteiger charge is 2.09. The van der Waals surface area contributed by atoms with Crippen molar-refractivity contribution in [1.29, 1.82) is 0 Å². The zero-order valence-corrected chi connectivity index (χ0v) is 14.2. The van der Waals surface area contributed by atoms with Crippen LogP contribution in [0.2, 0.25) is 0 Å². The first-order chi connectivity index (χ1) is 11.0. The molecule has 0 aliphatic heterocycles. The van der Waals surface area contributed by atoms with E-state index in [0.29, 0.717) is 24.6 Å². The SMILES string of the molecule is CCNC(=NCc1ccccc1F)NCc1c(C)nn(C)c1C. The first-order valence-electron chi connectivity index (χ1n) is 7.77. The Kier molecular flexibility index (Phi) is 5.73. The van der Waals surface area contributed by atoms with E-state index >= 15 is 0 Å². The maximum absolute atomic E-state index is 13.7. The van der Waals surface area contributed by atoms with E-state index in [1.807, 2.05) is 38.6 Å². The first kappa shape index (κ1) is 17.0. The van der Waals surface area contributed by atoms with Gasteiger partial charge < -0.3 is 10.6 Å². The number of halogens is 1. The van der Waals surface area contributed by atoms with E-state index in [1.54, 1.807) is 12.1 Å². The minimum absolute atomic E-state index is 0.231. The Morgan fingerprint density at radius 2 is 2.00 bits per heavy atom. The summed E-state index contributed by atoms with van der Waals surface area (Å²) < 4.78 is 15.5. The Balaban J connectivity index is 2.06. The molecule has 1 heterocycles. The third-order valence-electron chi connectivity index (χ3n) is 3.80. The van der Waals surface area contributed by atoms with Crippen LogP contribution in [0, 0.1) is 19.7 Å². The van der Waals surface area contributed by atoms with Gasteiger partial charge >= 0.3 is 0 Å². The standard InChI is InChI=1S/C17H24FN5/c1-5-19-17(20-10-14-8-6-7-9-16(14)18)21-11-15-12(2)22-23(4)13(15)3/h6-9H,5,10-11H2,1-4H3,(H2,19,20,21). The number of guanidine groups is 1. The number of aliphatic imine (C=N–C) groups is 1. The summed E-state index contributed by atoms with van der Waals surface area (Å²) in [6, 6.07) is 6.70. The van der Waals surface area contributed by atoms with Crippen LogP contribution in [0.1, 0.15) is 29.4 Å². The molecule has 0 bridgehead atoms. The van der Waals surface area contributed by atoms with Crippen LogP contribution < -0.4 is 10.6 Å². The van der Waals surface area contributed by atoms with Crippen molar-refractivity contribution in [2.24, 2.45) is 12.0 Å². The van der Waals surface area contributed by atoms with Gasteiger partial charge in [0.2, 0.25) is 0 Å². The molecule has 1 aromatic heterocycles. The van der Waals surface area contributed by atoms with E-state index in [1.165, 1.54) is 6.07 Å². The second kappa shape index (κ2) is 7.76. The Morgan fingerprint density at radius 3 is 2.61 bits per heavy atom. The van der Waals surface area contributed by atoms with E-state index in [4.69, 9.17) is 0 Å². The lowest BCUT2D eigenvalue weighted by Crippen LogP contribution is -2.37. The van der Waals surface area contributed by atoms with Crippen molar-refractivity contribution in [1.82, 2.24) is 20.4 Å². The number of aromatic nitrogens is 2. The Morgan fingerprint density at radius 1 is 1.26 bits per heavy atom. The molecule has 0 spiro atoms. The molecule has 124 valence electrons. The fourth-order valence-electron chi connectivity index (χ4n) is 2.38. The van der Waals surface area contributed by atoms with Crippen molar-refractivity contribution in [2.75, 3.05) is 6.54 Å². The van der Waals surface area contributed by atoms with Gasteiger partial charge in [0, 0.05) is 37.0 Å². The van der Waals surface area contributed by atoms with Gasteiger partial charge in [-0.05, 0) is 26.8 Å². The van der Waals surface area contributed by atoms with Gasteiger partial charge in [-0.1, -0.05) is 18.2 Å². The summed E-state index contributed by atoms with van der Waals surface area (Å²) in [5, 5.41) is 10.9. The van der Waals surface area contributed by atoms with Crippen molar-refractivity contribution in [2.45, 2.75) is 33.9 Å². The predicted molar refractivity (Wildman–Crippen MR) is 90.7 cm³/mol. The largest absolute Gasteiger partial charge is 0.357 e. The minimum atomic E-state index is -0.231. The van der Waals surface area contributed by atoms with Crippen molar-refractivity contribution in [3.05, 3.63) is 52.6 Å². The number of nitrogens with zero attached hydrogens (tertiary/aromatic N) is 3. The van der Waals surface area contributed by atoms with Crippen LogP contribution in [0.3, 0.4) is 0 Å². The molecule has 0 atom stereocenters. The van der Waals surface area contributed by atoms with Crippen molar-refractivity contribution in [3.8, 4) is 0 Å². The van der Waals surface area contributed by atoms with Gasteiger partial charge in [-0.25, -0.2) is 9.38 Å². The molecule has 0 saturated heterocycles. The van der Waals surface area contributed by atoms with Crippen LogP contribution in [0.5, 0.6) is 0 Å².